The van der Waals surface area contributed by atoms with E-state index in [0.29, 0.717) is 18.7 Å². The highest BCUT2D eigenvalue weighted by molar-refractivity contribution is 8.00. The maximum atomic E-state index is 11.2. The number of hydrogen-bond donors (Lipinski definition) is 2. The van der Waals surface area contributed by atoms with Crippen LogP contribution in [0.5, 0.6) is 5.75 Å². The van der Waals surface area contributed by atoms with Crippen LogP contribution in [0.4, 0.5) is 5.69 Å². The molecular formula is C12H18N2O2S. The Morgan fingerprint density at radius 3 is 2.71 bits per heavy atom. The fourth-order valence-electron chi connectivity index (χ4n) is 1.37. The summed E-state index contributed by atoms with van der Waals surface area (Å²) in [5.41, 5.74) is 11.8. The molecule has 1 unspecified atom stereocenters. The minimum Gasteiger partial charge on any atom is -0.494 e. The largest absolute Gasteiger partial charge is 0.494 e. The number of amides is 1. The number of anilines is 1. The lowest BCUT2D eigenvalue weighted by Crippen LogP contribution is -2.24. The minimum absolute atomic E-state index is 0.255. The molecule has 1 aromatic rings. The van der Waals surface area contributed by atoms with Crippen LogP contribution in [0.3, 0.4) is 0 Å². The van der Waals surface area contributed by atoms with Gasteiger partial charge in [0.05, 0.1) is 11.9 Å². The normalized spacial score (nSPS) is 12.1. The molecule has 4 nitrogen and oxygen atoms in total. The minimum atomic E-state index is -0.321. The maximum absolute atomic E-state index is 11.2. The smallest absolute Gasteiger partial charge is 0.230 e. The van der Waals surface area contributed by atoms with Crippen molar-refractivity contribution in [3.8, 4) is 5.75 Å². The van der Waals surface area contributed by atoms with Crippen molar-refractivity contribution in [1.82, 2.24) is 0 Å². The zero-order chi connectivity index (χ0) is 12.8. The van der Waals surface area contributed by atoms with Crippen molar-refractivity contribution < 1.29 is 9.53 Å². The van der Waals surface area contributed by atoms with Crippen LogP contribution in [0.2, 0.25) is 0 Å². The van der Waals surface area contributed by atoms with Crippen molar-refractivity contribution in [2.45, 2.75) is 30.4 Å². The van der Waals surface area contributed by atoms with Crippen molar-refractivity contribution in [2.75, 3.05) is 12.3 Å². The first kappa shape index (κ1) is 13.7. The van der Waals surface area contributed by atoms with Gasteiger partial charge in [-0.05, 0) is 31.5 Å². The first-order valence-electron chi connectivity index (χ1n) is 5.56. The predicted octanol–water partition coefficient (Wildman–Crippen LogP) is 2.02. The zero-order valence-electron chi connectivity index (χ0n) is 10.1. The monoisotopic (exact) mass is 254 g/mol. The molecule has 0 saturated carbocycles. The standard InChI is InChI=1S/C12H18N2O2S/c1-3-10(12(14)15)17-11-7-8(16-4-2)5-6-9(11)13/h5-7,10H,3-4,13H2,1-2H3,(H2,14,15). The Morgan fingerprint density at radius 2 is 2.18 bits per heavy atom. The third kappa shape index (κ3) is 3.85. The van der Waals surface area contributed by atoms with Gasteiger partial charge in [0.15, 0.2) is 0 Å². The number of nitrogen functional groups attached to an aromatic ring is 1. The van der Waals surface area contributed by atoms with E-state index in [2.05, 4.69) is 0 Å². The summed E-state index contributed by atoms with van der Waals surface area (Å²) in [5, 5.41) is -0.255. The molecule has 17 heavy (non-hydrogen) atoms. The van der Waals surface area contributed by atoms with Gasteiger partial charge in [-0.25, -0.2) is 0 Å². The first-order chi connectivity index (χ1) is 8.08. The summed E-state index contributed by atoms with van der Waals surface area (Å²) in [6, 6.07) is 5.43. The zero-order valence-corrected chi connectivity index (χ0v) is 10.9. The molecule has 1 atom stereocenters. The first-order valence-corrected chi connectivity index (χ1v) is 6.44. The van der Waals surface area contributed by atoms with Crippen LogP contribution in [0.1, 0.15) is 20.3 Å². The van der Waals surface area contributed by atoms with Gasteiger partial charge < -0.3 is 16.2 Å². The van der Waals surface area contributed by atoms with Crippen LogP contribution < -0.4 is 16.2 Å². The van der Waals surface area contributed by atoms with Crippen molar-refractivity contribution in [1.29, 1.82) is 0 Å². The second-order valence-electron chi connectivity index (χ2n) is 3.55. The van der Waals surface area contributed by atoms with E-state index >= 15 is 0 Å². The molecule has 0 fully saturated rings. The number of primary amides is 1. The summed E-state index contributed by atoms with van der Waals surface area (Å²) in [6.07, 6.45) is 0.679. The lowest BCUT2D eigenvalue weighted by molar-refractivity contribution is -0.117. The molecule has 94 valence electrons. The number of thioether (sulfide) groups is 1. The van der Waals surface area contributed by atoms with Crippen LogP contribution in [-0.2, 0) is 4.79 Å². The third-order valence-corrected chi connectivity index (χ3v) is 3.71. The molecule has 0 aliphatic heterocycles. The Kier molecular flexibility index (Phi) is 5.15. The van der Waals surface area contributed by atoms with E-state index in [9.17, 15) is 4.79 Å². The van der Waals surface area contributed by atoms with E-state index < -0.39 is 0 Å². The molecule has 0 aliphatic rings. The van der Waals surface area contributed by atoms with E-state index in [-0.39, 0.29) is 11.2 Å². The molecule has 0 radical (unpaired) electrons. The summed E-state index contributed by atoms with van der Waals surface area (Å²) < 4.78 is 5.39. The van der Waals surface area contributed by atoms with Crippen LogP contribution in [0.25, 0.3) is 0 Å². The number of carbonyl (C=O) groups is 1. The molecule has 0 aliphatic carbocycles. The Labute approximate surface area is 106 Å². The summed E-state index contributed by atoms with van der Waals surface area (Å²) >= 11 is 1.38. The van der Waals surface area contributed by atoms with Gasteiger partial charge in [-0.15, -0.1) is 11.8 Å². The molecule has 0 bridgehead atoms. The van der Waals surface area contributed by atoms with E-state index in [4.69, 9.17) is 16.2 Å². The fraction of sp³-hybridized carbons (Fsp3) is 0.417. The highest BCUT2D eigenvalue weighted by Gasteiger charge is 2.16. The van der Waals surface area contributed by atoms with Crippen LogP contribution >= 0.6 is 11.8 Å². The van der Waals surface area contributed by atoms with Gasteiger partial charge in [-0.1, -0.05) is 6.92 Å². The van der Waals surface area contributed by atoms with Gasteiger partial charge in [-0.2, -0.15) is 0 Å². The van der Waals surface area contributed by atoms with Crippen LogP contribution in [0.15, 0.2) is 23.1 Å². The molecule has 1 aromatic carbocycles. The molecule has 1 rings (SSSR count). The van der Waals surface area contributed by atoms with Crippen LogP contribution in [0, 0.1) is 0 Å². The van der Waals surface area contributed by atoms with Gasteiger partial charge in [0.25, 0.3) is 0 Å². The molecule has 1 amide bonds. The highest BCUT2D eigenvalue weighted by Crippen LogP contribution is 2.33. The molecule has 0 heterocycles. The van der Waals surface area contributed by atoms with Gasteiger partial charge in [0.2, 0.25) is 5.91 Å². The van der Waals surface area contributed by atoms with E-state index in [1.54, 1.807) is 6.07 Å². The Hall–Kier alpha value is -1.36. The van der Waals surface area contributed by atoms with Gasteiger partial charge in [0, 0.05) is 10.6 Å². The third-order valence-electron chi connectivity index (χ3n) is 2.25. The van der Waals surface area contributed by atoms with E-state index in [0.717, 1.165) is 10.6 Å². The number of benzene rings is 1. The summed E-state index contributed by atoms with van der Waals surface area (Å²) in [4.78, 5) is 12.0. The van der Waals surface area contributed by atoms with Gasteiger partial charge in [-0.3, -0.25) is 4.79 Å². The maximum Gasteiger partial charge on any atom is 0.230 e. The number of carbonyl (C=O) groups excluding carboxylic acids is 1. The molecular weight excluding hydrogens is 236 g/mol. The Bertz CT molecular complexity index is 396. The predicted molar refractivity (Wildman–Crippen MR) is 71.2 cm³/mol. The SMILES string of the molecule is CCOc1ccc(N)c(SC(CC)C(N)=O)c1. The number of hydrogen-bond acceptors (Lipinski definition) is 4. The summed E-state index contributed by atoms with van der Waals surface area (Å²) in [7, 11) is 0. The van der Waals surface area contributed by atoms with Gasteiger partial charge >= 0.3 is 0 Å². The van der Waals surface area contributed by atoms with Crippen molar-refractivity contribution in [2.24, 2.45) is 5.73 Å². The average Bonchev–Trinajstić information content (AvgIpc) is 2.29. The summed E-state index contributed by atoms with van der Waals surface area (Å²) in [6.45, 7) is 4.44. The van der Waals surface area contributed by atoms with E-state index in [1.165, 1.54) is 11.8 Å². The lowest BCUT2D eigenvalue weighted by Gasteiger charge is -2.13. The van der Waals surface area contributed by atoms with Gasteiger partial charge in [0.1, 0.15) is 5.75 Å². The molecule has 5 heteroatoms. The van der Waals surface area contributed by atoms with Crippen molar-refractivity contribution in [3.63, 3.8) is 0 Å². The fourth-order valence-corrected chi connectivity index (χ4v) is 2.35. The number of rotatable bonds is 6. The van der Waals surface area contributed by atoms with Crippen LogP contribution in [-0.4, -0.2) is 17.8 Å². The summed E-state index contributed by atoms with van der Waals surface area (Å²) in [5.74, 6) is 0.433. The molecule has 0 aromatic heterocycles. The molecule has 4 N–H and O–H groups in total. The second kappa shape index (κ2) is 6.39. The van der Waals surface area contributed by atoms with E-state index in [1.807, 2.05) is 26.0 Å². The highest BCUT2D eigenvalue weighted by atomic mass is 32.2. The Morgan fingerprint density at radius 1 is 1.47 bits per heavy atom. The number of ether oxygens (including phenoxy) is 1. The topological polar surface area (TPSA) is 78.3 Å². The van der Waals surface area contributed by atoms with Crippen molar-refractivity contribution in [3.05, 3.63) is 18.2 Å². The average molecular weight is 254 g/mol. The quantitative estimate of drug-likeness (QED) is 0.601. The second-order valence-corrected chi connectivity index (χ2v) is 4.79. The molecule has 0 spiro atoms. The lowest BCUT2D eigenvalue weighted by atomic mass is 10.3. The number of nitrogens with two attached hydrogens (primary N) is 2. The Balaban J connectivity index is 2.88. The van der Waals surface area contributed by atoms with Crippen molar-refractivity contribution >= 4 is 23.4 Å². The molecule has 0 saturated heterocycles.